The van der Waals surface area contributed by atoms with E-state index >= 15 is 0 Å². The molecule has 2 unspecified atom stereocenters. The predicted molar refractivity (Wildman–Crippen MR) is 127 cm³/mol. The molecule has 2 atom stereocenters. The lowest BCUT2D eigenvalue weighted by atomic mass is 9.82. The molecule has 0 spiro atoms. The Morgan fingerprint density at radius 1 is 0.971 bits per heavy atom. The van der Waals surface area contributed by atoms with Gasteiger partial charge in [0.2, 0.25) is 12.8 Å². The molecular weight excluding hydrogens is 452 g/mol. The van der Waals surface area contributed by atoms with Crippen LogP contribution in [0.3, 0.4) is 0 Å². The van der Waals surface area contributed by atoms with Crippen molar-refractivity contribution in [3.63, 3.8) is 0 Å². The minimum absolute atomic E-state index is 0. The molecule has 2 aromatic carbocycles. The zero-order chi connectivity index (χ0) is 25.5. The first-order chi connectivity index (χ1) is 16.3. The fraction of sp³-hybridized carbons (Fsp3) is 0.480. The Kier molecular flexibility index (Phi) is 13.7. The average molecular weight is 489 g/mol. The number of hydrogen-bond acceptors (Lipinski definition) is 4. The van der Waals surface area contributed by atoms with Crippen LogP contribution in [0.5, 0.6) is 11.5 Å². The van der Waals surface area contributed by atoms with Crippen LogP contribution < -0.4 is 15.2 Å². The van der Waals surface area contributed by atoms with Gasteiger partial charge in [-0.05, 0) is 62.1 Å². The number of benzene rings is 2. The van der Waals surface area contributed by atoms with Crippen molar-refractivity contribution in [1.29, 1.82) is 0 Å². The van der Waals surface area contributed by atoms with Gasteiger partial charge < -0.3 is 20.1 Å². The second-order valence-corrected chi connectivity index (χ2v) is 7.97. The zero-order valence-electron chi connectivity index (χ0n) is 19.9. The van der Waals surface area contributed by atoms with Crippen molar-refractivity contribution in [2.45, 2.75) is 25.7 Å². The molecule has 1 aliphatic heterocycles. The minimum atomic E-state index is -1.75. The summed E-state index contributed by atoms with van der Waals surface area (Å²) in [5.41, 5.74) is 4.77. The summed E-state index contributed by atoms with van der Waals surface area (Å²) in [5, 5.41) is 0. The predicted octanol–water partition coefficient (Wildman–Crippen LogP) is 5.63. The van der Waals surface area contributed by atoms with Crippen molar-refractivity contribution in [3.8, 4) is 11.5 Å². The number of nitrogens with zero attached hydrogens (tertiary/aromatic N) is 1. The number of primary amides is 1. The van der Waals surface area contributed by atoms with Gasteiger partial charge in [-0.2, -0.15) is 0 Å². The quantitative estimate of drug-likeness (QED) is 0.569. The van der Waals surface area contributed by atoms with Crippen LogP contribution in [0.25, 0.3) is 0 Å². The molecule has 1 aliphatic carbocycles. The number of alkyl halides is 2. The second-order valence-electron chi connectivity index (χ2n) is 7.97. The van der Waals surface area contributed by atoms with E-state index in [9.17, 15) is 22.4 Å². The Morgan fingerprint density at radius 3 is 1.82 bits per heavy atom. The molecule has 1 saturated heterocycles. The van der Waals surface area contributed by atoms with Crippen molar-refractivity contribution >= 4 is 5.91 Å². The molecule has 2 fully saturated rings. The van der Waals surface area contributed by atoms with E-state index in [-0.39, 0.29) is 6.99 Å². The normalized spacial score (nSPS) is 18.6. The molecule has 0 radical (unpaired) electrons. The molecule has 1 saturated carbocycles. The van der Waals surface area contributed by atoms with E-state index in [0.717, 1.165) is 41.5 Å². The summed E-state index contributed by atoms with van der Waals surface area (Å²) in [6.45, 7) is 1.01. The monoisotopic (exact) mass is 488 g/mol. The third-order valence-corrected chi connectivity index (χ3v) is 5.65. The number of ether oxygens (including phenoxy) is 2. The van der Waals surface area contributed by atoms with E-state index in [2.05, 4.69) is 11.9 Å². The number of para-hydroxylation sites is 2. The number of methoxy groups -OCH3 is 2. The molecule has 2 N–H and O–H groups in total. The van der Waals surface area contributed by atoms with Gasteiger partial charge in [0.25, 0.3) is 0 Å². The number of amides is 1. The Morgan fingerprint density at radius 2 is 1.44 bits per heavy atom. The van der Waals surface area contributed by atoms with Crippen molar-refractivity contribution < 1.29 is 33.3 Å². The van der Waals surface area contributed by atoms with Crippen LogP contribution in [-0.4, -0.2) is 52.1 Å². The molecule has 0 aromatic heterocycles. The first-order valence-electron chi connectivity index (χ1n) is 11.0. The third-order valence-electron chi connectivity index (χ3n) is 5.65. The summed E-state index contributed by atoms with van der Waals surface area (Å²) in [4.78, 5) is 12.9. The molecule has 34 heavy (non-hydrogen) atoms. The van der Waals surface area contributed by atoms with Crippen LogP contribution in [-0.2, 0) is 0 Å². The lowest BCUT2D eigenvalue weighted by Crippen LogP contribution is -2.16. The smallest absolute Gasteiger partial charge is 0.248 e. The Hall–Kier alpha value is -2.81. The molecule has 2 aromatic rings. The molecular formula is C25H36F4N2O3. The molecule has 1 heterocycles. The highest BCUT2D eigenvalue weighted by Crippen LogP contribution is 2.35. The van der Waals surface area contributed by atoms with Gasteiger partial charge >= 0.3 is 0 Å². The number of carbonyl (C=O) groups excluding carboxylic acids is 1. The maximum Gasteiger partial charge on any atom is 0.248 e. The van der Waals surface area contributed by atoms with Gasteiger partial charge in [-0.25, -0.2) is 17.6 Å². The molecule has 9 heteroatoms. The number of nitrogens with two attached hydrogens (primary N) is 1. The molecule has 0 bridgehead atoms. The largest absolute Gasteiger partial charge is 0.493 e. The van der Waals surface area contributed by atoms with Crippen LogP contribution >= 0.6 is 0 Å². The Balaban J connectivity index is 0.000000463. The summed E-state index contributed by atoms with van der Waals surface area (Å²) >= 11 is 0. The third kappa shape index (κ3) is 9.99. The molecule has 2 aliphatic rings. The van der Waals surface area contributed by atoms with Crippen LogP contribution in [0.1, 0.15) is 37.5 Å². The highest BCUT2D eigenvalue weighted by molar-refractivity contribution is 5.92. The standard InChI is InChI=1S/C9H17N.C8H10O2.C7H5F2NO.CH2F2.H2/c1-10-6-8-4-2-3-5-9(8)7-10;1-9-7-5-3-4-6-8(7)10-2;8-5-2-1-4(7(10)11)3-6(5)9;2-1-3;/h8-9H,2-7H2,1H3;3-6H,1-2H3;1-3H,(H2,10,11);1H2;1H. The Labute approximate surface area is 200 Å². The van der Waals surface area contributed by atoms with Gasteiger partial charge in [-0.15, -0.1) is 0 Å². The minimum Gasteiger partial charge on any atom is -0.493 e. The first-order valence-corrected chi connectivity index (χ1v) is 11.0. The topological polar surface area (TPSA) is 64.8 Å². The molecule has 192 valence electrons. The summed E-state index contributed by atoms with van der Waals surface area (Å²) in [6.07, 6.45) is 6.01. The SMILES string of the molecule is CN1CC2CCCCC2C1.COc1ccccc1OC.FCF.NC(=O)c1ccc(F)c(F)c1.[HH]. The van der Waals surface area contributed by atoms with E-state index in [1.54, 1.807) is 14.2 Å². The molecule has 1 amide bonds. The van der Waals surface area contributed by atoms with E-state index < -0.39 is 24.5 Å². The van der Waals surface area contributed by atoms with Gasteiger partial charge in [-0.3, -0.25) is 4.79 Å². The highest BCUT2D eigenvalue weighted by Gasteiger charge is 2.32. The first kappa shape index (κ1) is 29.2. The molecule has 4 rings (SSSR count). The van der Waals surface area contributed by atoms with E-state index in [0.29, 0.717) is 0 Å². The van der Waals surface area contributed by atoms with Crippen molar-refractivity contribution in [3.05, 3.63) is 59.7 Å². The van der Waals surface area contributed by atoms with Crippen LogP contribution in [0.15, 0.2) is 42.5 Å². The lowest BCUT2D eigenvalue weighted by Gasteiger charge is -2.23. The van der Waals surface area contributed by atoms with Crippen molar-refractivity contribution in [2.24, 2.45) is 17.6 Å². The van der Waals surface area contributed by atoms with Crippen LogP contribution in [0, 0.1) is 23.5 Å². The summed E-state index contributed by atoms with van der Waals surface area (Å²) in [5.74, 6) is 0.840. The van der Waals surface area contributed by atoms with Crippen molar-refractivity contribution in [2.75, 3.05) is 41.3 Å². The second kappa shape index (κ2) is 15.9. The van der Waals surface area contributed by atoms with E-state index in [1.807, 2.05) is 24.3 Å². The van der Waals surface area contributed by atoms with E-state index in [4.69, 9.17) is 15.2 Å². The number of rotatable bonds is 3. The summed E-state index contributed by atoms with van der Waals surface area (Å²) in [7, 11) is 5.51. The highest BCUT2D eigenvalue weighted by atomic mass is 19.3. The molecule has 5 nitrogen and oxygen atoms in total. The Bertz CT molecular complexity index is 839. The van der Waals surface area contributed by atoms with Crippen LogP contribution in [0.4, 0.5) is 17.6 Å². The van der Waals surface area contributed by atoms with Crippen LogP contribution in [0.2, 0.25) is 0 Å². The fourth-order valence-corrected chi connectivity index (χ4v) is 4.08. The number of halogens is 4. The van der Waals surface area contributed by atoms with Gasteiger partial charge in [0.15, 0.2) is 23.1 Å². The van der Waals surface area contributed by atoms with Gasteiger partial charge in [0, 0.05) is 20.1 Å². The maximum absolute atomic E-state index is 12.4. The number of fused-ring (bicyclic) bond motifs is 1. The summed E-state index contributed by atoms with van der Waals surface area (Å²) < 4.78 is 53.9. The van der Waals surface area contributed by atoms with Gasteiger partial charge in [0.1, 0.15) is 0 Å². The average Bonchev–Trinajstić information content (AvgIpc) is 3.22. The van der Waals surface area contributed by atoms with Crippen molar-refractivity contribution in [1.82, 2.24) is 4.90 Å². The summed E-state index contributed by atoms with van der Waals surface area (Å²) in [6, 6.07) is 10.3. The number of likely N-dealkylation sites (tertiary alicyclic amines) is 1. The zero-order valence-corrected chi connectivity index (χ0v) is 19.9. The van der Waals surface area contributed by atoms with Gasteiger partial charge in [0.05, 0.1) is 14.2 Å². The van der Waals surface area contributed by atoms with E-state index in [1.165, 1.54) is 38.8 Å². The fourth-order valence-electron chi connectivity index (χ4n) is 4.08. The lowest BCUT2D eigenvalue weighted by molar-refractivity contribution is 0.0999. The maximum atomic E-state index is 12.4. The van der Waals surface area contributed by atoms with Gasteiger partial charge in [-0.1, -0.05) is 25.0 Å². The number of carbonyl (C=O) groups is 1. The number of hydrogen-bond donors (Lipinski definition) is 1.